The molecule has 0 aromatic carbocycles. The summed E-state index contributed by atoms with van der Waals surface area (Å²) in [6, 6.07) is 0. The molecule has 4 heteroatoms. The standard InChI is InChI=1S/C10H14N2O2/c1-12-4-2-8(3-5-12)10-11-6-9(7-13)14-10/h6-8H,2-5H2,1H3. The van der Waals surface area contributed by atoms with Crippen LogP contribution in [0, 0.1) is 0 Å². The van der Waals surface area contributed by atoms with Gasteiger partial charge in [-0.1, -0.05) is 0 Å². The van der Waals surface area contributed by atoms with Crippen molar-refractivity contribution in [3.63, 3.8) is 0 Å². The molecule has 2 rings (SSSR count). The molecule has 1 aliphatic heterocycles. The number of rotatable bonds is 2. The van der Waals surface area contributed by atoms with Gasteiger partial charge in [0, 0.05) is 5.92 Å². The lowest BCUT2D eigenvalue weighted by molar-refractivity contribution is 0.109. The van der Waals surface area contributed by atoms with Crippen LogP contribution in [0.1, 0.15) is 35.2 Å². The third-order valence-corrected chi connectivity index (χ3v) is 2.73. The van der Waals surface area contributed by atoms with Gasteiger partial charge in [-0.15, -0.1) is 0 Å². The van der Waals surface area contributed by atoms with Crippen LogP contribution in [-0.4, -0.2) is 36.3 Å². The third kappa shape index (κ3) is 1.85. The van der Waals surface area contributed by atoms with Gasteiger partial charge in [0.05, 0.1) is 6.20 Å². The van der Waals surface area contributed by atoms with Gasteiger partial charge in [-0.05, 0) is 33.0 Å². The van der Waals surface area contributed by atoms with Gasteiger partial charge in [-0.3, -0.25) is 4.79 Å². The van der Waals surface area contributed by atoms with Crippen molar-refractivity contribution < 1.29 is 9.21 Å². The Bertz CT molecular complexity index is 314. The lowest BCUT2D eigenvalue weighted by Gasteiger charge is -2.26. The zero-order chi connectivity index (χ0) is 9.97. The van der Waals surface area contributed by atoms with Crippen molar-refractivity contribution in [3.8, 4) is 0 Å². The molecule has 0 N–H and O–H groups in total. The van der Waals surface area contributed by atoms with Crippen LogP contribution in [0.15, 0.2) is 10.6 Å². The lowest BCUT2D eigenvalue weighted by Crippen LogP contribution is -2.29. The fraction of sp³-hybridized carbons (Fsp3) is 0.600. The Hall–Kier alpha value is -1.16. The van der Waals surface area contributed by atoms with E-state index in [1.165, 1.54) is 6.20 Å². The Labute approximate surface area is 82.9 Å². The number of likely N-dealkylation sites (tertiary alicyclic amines) is 1. The van der Waals surface area contributed by atoms with E-state index in [9.17, 15) is 4.79 Å². The Morgan fingerprint density at radius 3 is 2.86 bits per heavy atom. The van der Waals surface area contributed by atoms with Gasteiger partial charge >= 0.3 is 0 Å². The Morgan fingerprint density at radius 1 is 1.57 bits per heavy atom. The maximum atomic E-state index is 10.4. The van der Waals surface area contributed by atoms with Crippen LogP contribution in [0.2, 0.25) is 0 Å². The maximum absolute atomic E-state index is 10.4. The van der Waals surface area contributed by atoms with Crippen molar-refractivity contribution in [1.82, 2.24) is 9.88 Å². The van der Waals surface area contributed by atoms with E-state index >= 15 is 0 Å². The minimum absolute atomic E-state index is 0.332. The molecule has 0 atom stereocenters. The predicted octanol–water partition coefficient (Wildman–Crippen LogP) is 1.30. The number of hydrogen-bond donors (Lipinski definition) is 0. The molecule has 0 saturated carbocycles. The van der Waals surface area contributed by atoms with E-state index in [-0.39, 0.29) is 0 Å². The van der Waals surface area contributed by atoms with E-state index in [0.29, 0.717) is 18.0 Å². The fourth-order valence-electron chi connectivity index (χ4n) is 1.80. The van der Waals surface area contributed by atoms with Crippen molar-refractivity contribution >= 4 is 6.29 Å². The van der Waals surface area contributed by atoms with Gasteiger partial charge in [0.1, 0.15) is 0 Å². The summed E-state index contributed by atoms with van der Waals surface area (Å²) >= 11 is 0. The molecular weight excluding hydrogens is 180 g/mol. The molecule has 4 nitrogen and oxygen atoms in total. The van der Waals surface area contributed by atoms with Crippen LogP contribution in [-0.2, 0) is 0 Å². The Kier molecular flexibility index (Phi) is 2.63. The molecule has 0 radical (unpaired) electrons. The molecule has 1 saturated heterocycles. The molecule has 2 heterocycles. The van der Waals surface area contributed by atoms with Crippen molar-refractivity contribution in [2.45, 2.75) is 18.8 Å². The van der Waals surface area contributed by atoms with Crippen molar-refractivity contribution in [1.29, 1.82) is 0 Å². The number of aromatic nitrogens is 1. The van der Waals surface area contributed by atoms with Gasteiger partial charge in [0.15, 0.2) is 17.9 Å². The smallest absolute Gasteiger partial charge is 0.198 e. The van der Waals surface area contributed by atoms with Gasteiger partial charge in [-0.2, -0.15) is 0 Å². The highest BCUT2D eigenvalue weighted by Gasteiger charge is 2.22. The summed E-state index contributed by atoms with van der Waals surface area (Å²) in [6.07, 6.45) is 4.33. The SMILES string of the molecule is CN1CCC(c2ncc(C=O)o2)CC1. The van der Waals surface area contributed by atoms with E-state index in [0.717, 1.165) is 31.8 Å². The minimum atomic E-state index is 0.332. The molecule has 0 aliphatic carbocycles. The predicted molar refractivity (Wildman–Crippen MR) is 51.4 cm³/mol. The number of nitrogens with zero attached hydrogens (tertiary/aromatic N) is 2. The third-order valence-electron chi connectivity index (χ3n) is 2.73. The summed E-state index contributed by atoms with van der Waals surface area (Å²) in [5.74, 6) is 1.44. The largest absolute Gasteiger partial charge is 0.438 e. The zero-order valence-electron chi connectivity index (χ0n) is 8.27. The van der Waals surface area contributed by atoms with Crippen molar-refractivity contribution in [2.75, 3.05) is 20.1 Å². The summed E-state index contributed by atoms with van der Waals surface area (Å²) < 4.78 is 5.31. The second kappa shape index (κ2) is 3.92. The van der Waals surface area contributed by atoms with Crippen LogP contribution in [0.4, 0.5) is 0 Å². The monoisotopic (exact) mass is 194 g/mol. The average Bonchev–Trinajstić information content (AvgIpc) is 2.67. The highest BCUT2D eigenvalue weighted by molar-refractivity contribution is 5.69. The van der Waals surface area contributed by atoms with Crippen LogP contribution in [0.5, 0.6) is 0 Å². The van der Waals surface area contributed by atoms with Crippen LogP contribution in [0.3, 0.4) is 0 Å². The number of carbonyl (C=O) groups is 1. The molecule has 1 aliphatic rings. The minimum Gasteiger partial charge on any atom is -0.438 e. The van der Waals surface area contributed by atoms with Crippen LogP contribution >= 0.6 is 0 Å². The number of oxazole rings is 1. The molecule has 76 valence electrons. The molecule has 1 aromatic rings. The van der Waals surface area contributed by atoms with Crippen LogP contribution < -0.4 is 0 Å². The normalized spacial score (nSPS) is 19.8. The van der Waals surface area contributed by atoms with Gasteiger partial charge in [0.25, 0.3) is 0 Å². The van der Waals surface area contributed by atoms with E-state index in [2.05, 4.69) is 16.9 Å². The Morgan fingerprint density at radius 2 is 2.29 bits per heavy atom. The zero-order valence-corrected chi connectivity index (χ0v) is 8.27. The maximum Gasteiger partial charge on any atom is 0.198 e. The number of piperidine rings is 1. The summed E-state index contributed by atoms with van der Waals surface area (Å²) in [5.41, 5.74) is 0. The summed E-state index contributed by atoms with van der Waals surface area (Å²) in [5, 5.41) is 0. The van der Waals surface area contributed by atoms with E-state index in [1.807, 2.05) is 0 Å². The number of hydrogen-bond acceptors (Lipinski definition) is 4. The van der Waals surface area contributed by atoms with E-state index in [1.54, 1.807) is 0 Å². The summed E-state index contributed by atoms with van der Waals surface area (Å²) in [7, 11) is 2.11. The molecule has 1 fully saturated rings. The molecular formula is C10H14N2O2. The molecule has 0 bridgehead atoms. The van der Waals surface area contributed by atoms with Crippen molar-refractivity contribution in [2.24, 2.45) is 0 Å². The first-order chi connectivity index (χ1) is 6.79. The average molecular weight is 194 g/mol. The van der Waals surface area contributed by atoms with Gasteiger partial charge in [0.2, 0.25) is 0 Å². The van der Waals surface area contributed by atoms with Gasteiger partial charge in [-0.25, -0.2) is 4.98 Å². The second-order valence-corrected chi connectivity index (χ2v) is 3.80. The molecule has 0 unspecified atom stereocenters. The molecule has 0 spiro atoms. The van der Waals surface area contributed by atoms with Crippen molar-refractivity contribution in [3.05, 3.63) is 17.8 Å². The summed E-state index contributed by atoms with van der Waals surface area (Å²) in [4.78, 5) is 16.8. The van der Waals surface area contributed by atoms with E-state index in [4.69, 9.17) is 4.42 Å². The Balaban J connectivity index is 2.04. The first-order valence-electron chi connectivity index (χ1n) is 4.89. The molecule has 14 heavy (non-hydrogen) atoms. The highest BCUT2D eigenvalue weighted by atomic mass is 16.4. The quantitative estimate of drug-likeness (QED) is 0.666. The van der Waals surface area contributed by atoms with Crippen LogP contribution in [0.25, 0.3) is 0 Å². The first-order valence-corrected chi connectivity index (χ1v) is 4.89. The lowest BCUT2D eigenvalue weighted by atomic mass is 9.97. The second-order valence-electron chi connectivity index (χ2n) is 3.80. The topological polar surface area (TPSA) is 46.3 Å². The van der Waals surface area contributed by atoms with Gasteiger partial charge < -0.3 is 9.32 Å². The number of aldehydes is 1. The number of carbonyl (C=O) groups excluding carboxylic acids is 1. The fourth-order valence-corrected chi connectivity index (χ4v) is 1.80. The van der Waals surface area contributed by atoms with E-state index < -0.39 is 0 Å². The summed E-state index contributed by atoms with van der Waals surface area (Å²) in [6.45, 7) is 2.15. The highest BCUT2D eigenvalue weighted by Crippen LogP contribution is 2.26. The molecule has 0 amide bonds. The molecule has 1 aromatic heterocycles. The first kappa shape index (κ1) is 9.40.